The number of thiophene rings is 1. The minimum Gasteiger partial charge on any atom is -0.494 e. The van der Waals surface area contributed by atoms with Crippen molar-refractivity contribution in [2.24, 2.45) is 5.73 Å². The molecule has 3 N–H and O–H groups in total. The lowest BCUT2D eigenvalue weighted by atomic mass is 9.95. The standard InChI is InChI=1S/C18H20N2O3S/c1-2-23-12-7-5-6-11(10-12)17(22)20-18-15(16(19)21)13-8-3-4-9-14(13)24-18/h5-7,10H,2-4,8-9H2,1H3,(H2,19,21)(H,20,22). The fourth-order valence-electron chi connectivity index (χ4n) is 2.98. The molecule has 0 radical (unpaired) electrons. The summed E-state index contributed by atoms with van der Waals surface area (Å²) in [4.78, 5) is 25.6. The number of rotatable bonds is 5. The first-order chi connectivity index (χ1) is 11.6. The molecule has 0 aliphatic heterocycles. The van der Waals surface area contributed by atoms with Gasteiger partial charge in [0.05, 0.1) is 12.2 Å². The predicted octanol–water partition coefficient (Wildman–Crippen LogP) is 3.38. The smallest absolute Gasteiger partial charge is 0.256 e. The normalized spacial score (nSPS) is 13.2. The van der Waals surface area contributed by atoms with Crippen LogP contribution in [0.4, 0.5) is 5.00 Å². The number of amides is 2. The highest BCUT2D eigenvalue weighted by Crippen LogP contribution is 2.38. The highest BCUT2D eigenvalue weighted by atomic mass is 32.1. The van der Waals surface area contributed by atoms with Crippen molar-refractivity contribution in [1.29, 1.82) is 0 Å². The molecule has 5 nitrogen and oxygen atoms in total. The van der Waals surface area contributed by atoms with Crippen molar-refractivity contribution in [3.8, 4) is 5.75 Å². The summed E-state index contributed by atoms with van der Waals surface area (Å²) < 4.78 is 5.42. The van der Waals surface area contributed by atoms with E-state index in [1.807, 2.05) is 6.92 Å². The summed E-state index contributed by atoms with van der Waals surface area (Å²) in [5.41, 5.74) is 7.53. The molecule has 2 amide bonds. The average molecular weight is 344 g/mol. The summed E-state index contributed by atoms with van der Waals surface area (Å²) in [7, 11) is 0. The van der Waals surface area contributed by atoms with Crippen LogP contribution in [0.3, 0.4) is 0 Å². The number of nitrogens with two attached hydrogens (primary N) is 1. The summed E-state index contributed by atoms with van der Waals surface area (Å²) in [6.45, 7) is 2.43. The first-order valence-electron chi connectivity index (χ1n) is 8.08. The van der Waals surface area contributed by atoms with Crippen molar-refractivity contribution in [3.05, 3.63) is 45.8 Å². The number of primary amides is 1. The van der Waals surface area contributed by atoms with Crippen LogP contribution in [-0.2, 0) is 12.8 Å². The van der Waals surface area contributed by atoms with Gasteiger partial charge in [-0.05, 0) is 56.4 Å². The lowest BCUT2D eigenvalue weighted by Gasteiger charge is -2.11. The zero-order chi connectivity index (χ0) is 17.1. The molecule has 0 spiro atoms. The maximum absolute atomic E-state index is 12.5. The van der Waals surface area contributed by atoms with Crippen molar-refractivity contribution in [2.75, 3.05) is 11.9 Å². The number of carbonyl (C=O) groups excluding carboxylic acids is 2. The largest absolute Gasteiger partial charge is 0.494 e. The Bertz CT molecular complexity index is 783. The summed E-state index contributed by atoms with van der Waals surface area (Å²) in [6, 6.07) is 6.99. The first-order valence-corrected chi connectivity index (χ1v) is 8.90. The fourth-order valence-corrected chi connectivity index (χ4v) is 4.27. The maximum Gasteiger partial charge on any atom is 0.256 e. The number of carbonyl (C=O) groups is 2. The number of nitrogens with one attached hydrogen (secondary N) is 1. The van der Waals surface area contributed by atoms with Crippen LogP contribution in [0.5, 0.6) is 5.75 Å². The number of ether oxygens (including phenoxy) is 1. The number of hydrogen-bond donors (Lipinski definition) is 2. The Hall–Kier alpha value is -2.34. The molecule has 0 unspecified atom stereocenters. The molecule has 1 aliphatic rings. The third kappa shape index (κ3) is 3.28. The zero-order valence-electron chi connectivity index (χ0n) is 13.6. The minimum atomic E-state index is -0.479. The molecule has 24 heavy (non-hydrogen) atoms. The molecular weight excluding hydrogens is 324 g/mol. The van der Waals surface area contributed by atoms with Gasteiger partial charge in [-0.15, -0.1) is 11.3 Å². The molecule has 1 aliphatic carbocycles. The Morgan fingerprint density at radius 2 is 2.08 bits per heavy atom. The molecule has 1 aromatic carbocycles. The van der Waals surface area contributed by atoms with Gasteiger partial charge in [0.1, 0.15) is 10.8 Å². The summed E-state index contributed by atoms with van der Waals surface area (Å²) >= 11 is 1.46. The van der Waals surface area contributed by atoms with Gasteiger partial charge in [-0.3, -0.25) is 9.59 Å². The molecule has 0 saturated carbocycles. The predicted molar refractivity (Wildman–Crippen MR) is 95.0 cm³/mol. The van der Waals surface area contributed by atoms with Crippen LogP contribution in [0.2, 0.25) is 0 Å². The highest BCUT2D eigenvalue weighted by molar-refractivity contribution is 7.17. The molecule has 3 rings (SSSR count). The van der Waals surface area contributed by atoms with E-state index >= 15 is 0 Å². The molecule has 0 fully saturated rings. The lowest BCUT2D eigenvalue weighted by Crippen LogP contribution is -2.18. The van der Waals surface area contributed by atoms with Crippen LogP contribution in [0.15, 0.2) is 24.3 Å². The Labute approximate surface area is 144 Å². The summed E-state index contributed by atoms with van der Waals surface area (Å²) in [6.07, 6.45) is 3.94. The van der Waals surface area contributed by atoms with E-state index in [4.69, 9.17) is 10.5 Å². The highest BCUT2D eigenvalue weighted by Gasteiger charge is 2.25. The topological polar surface area (TPSA) is 81.4 Å². The molecule has 6 heteroatoms. The third-order valence-electron chi connectivity index (χ3n) is 4.05. The van der Waals surface area contributed by atoms with E-state index < -0.39 is 5.91 Å². The summed E-state index contributed by atoms with van der Waals surface area (Å²) in [5, 5.41) is 3.41. The van der Waals surface area contributed by atoms with E-state index in [2.05, 4.69) is 5.32 Å². The molecule has 0 atom stereocenters. The van der Waals surface area contributed by atoms with Crippen LogP contribution < -0.4 is 15.8 Å². The van der Waals surface area contributed by atoms with E-state index in [0.29, 0.717) is 28.5 Å². The number of benzene rings is 1. The molecule has 1 heterocycles. The van der Waals surface area contributed by atoms with Crippen molar-refractivity contribution in [1.82, 2.24) is 0 Å². The molecule has 126 valence electrons. The third-order valence-corrected chi connectivity index (χ3v) is 5.26. The van der Waals surface area contributed by atoms with Crippen LogP contribution in [0.1, 0.15) is 50.9 Å². The Morgan fingerprint density at radius 1 is 1.29 bits per heavy atom. The van der Waals surface area contributed by atoms with Crippen molar-refractivity contribution in [3.63, 3.8) is 0 Å². The molecule has 0 bridgehead atoms. The van der Waals surface area contributed by atoms with Crippen LogP contribution >= 0.6 is 11.3 Å². The fraction of sp³-hybridized carbons (Fsp3) is 0.333. The maximum atomic E-state index is 12.5. The Balaban J connectivity index is 1.88. The van der Waals surface area contributed by atoms with E-state index in [0.717, 1.165) is 36.1 Å². The van der Waals surface area contributed by atoms with Gasteiger partial charge in [0.15, 0.2) is 0 Å². The molecule has 1 aromatic heterocycles. The Morgan fingerprint density at radius 3 is 2.83 bits per heavy atom. The molecule has 0 saturated heterocycles. The van der Waals surface area contributed by atoms with Gasteiger partial charge in [0.2, 0.25) is 0 Å². The van der Waals surface area contributed by atoms with E-state index in [9.17, 15) is 9.59 Å². The first kappa shape index (κ1) is 16.5. The minimum absolute atomic E-state index is 0.266. The second-order valence-corrected chi connectivity index (χ2v) is 6.80. The van der Waals surface area contributed by atoms with E-state index in [1.165, 1.54) is 11.3 Å². The van der Waals surface area contributed by atoms with Gasteiger partial charge in [-0.2, -0.15) is 0 Å². The average Bonchev–Trinajstić information content (AvgIpc) is 2.93. The van der Waals surface area contributed by atoms with Crippen LogP contribution in [-0.4, -0.2) is 18.4 Å². The monoisotopic (exact) mass is 344 g/mol. The number of aryl methyl sites for hydroxylation is 1. The van der Waals surface area contributed by atoms with Crippen LogP contribution in [0.25, 0.3) is 0 Å². The van der Waals surface area contributed by atoms with Gasteiger partial charge in [0.25, 0.3) is 11.8 Å². The zero-order valence-corrected chi connectivity index (χ0v) is 14.4. The number of fused-ring (bicyclic) bond motifs is 1. The van der Waals surface area contributed by atoms with Gasteiger partial charge < -0.3 is 15.8 Å². The van der Waals surface area contributed by atoms with Gasteiger partial charge in [0, 0.05) is 10.4 Å². The van der Waals surface area contributed by atoms with Crippen LogP contribution in [0, 0.1) is 0 Å². The van der Waals surface area contributed by atoms with Gasteiger partial charge in [-0.25, -0.2) is 0 Å². The second kappa shape index (κ2) is 7.05. The van der Waals surface area contributed by atoms with E-state index in [1.54, 1.807) is 24.3 Å². The van der Waals surface area contributed by atoms with E-state index in [-0.39, 0.29) is 5.91 Å². The van der Waals surface area contributed by atoms with Gasteiger partial charge >= 0.3 is 0 Å². The lowest BCUT2D eigenvalue weighted by molar-refractivity contribution is 0.100. The number of anilines is 1. The van der Waals surface area contributed by atoms with Crippen molar-refractivity contribution < 1.29 is 14.3 Å². The SMILES string of the molecule is CCOc1cccc(C(=O)Nc2sc3c(c2C(N)=O)CCCC3)c1. The molecule has 2 aromatic rings. The van der Waals surface area contributed by atoms with Crippen molar-refractivity contribution in [2.45, 2.75) is 32.6 Å². The number of hydrogen-bond acceptors (Lipinski definition) is 4. The second-order valence-electron chi connectivity index (χ2n) is 5.69. The quantitative estimate of drug-likeness (QED) is 0.872. The van der Waals surface area contributed by atoms with Gasteiger partial charge in [-0.1, -0.05) is 6.07 Å². The summed E-state index contributed by atoms with van der Waals surface area (Å²) in [5.74, 6) is -0.101. The Kier molecular flexibility index (Phi) is 4.85. The molecular formula is C18H20N2O3S. The van der Waals surface area contributed by atoms with Crippen molar-refractivity contribution >= 4 is 28.2 Å².